The van der Waals surface area contributed by atoms with E-state index >= 15 is 0 Å². The van der Waals surface area contributed by atoms with E-state index in [1.807, 2.05) is 0 Å². The number of rotatable bonds is 3. The van der Waals surface area contributed by atoms with Gasteiger partial charge in [-0.15, -0.1) is 0 Å². The Hall–Kier alpha value is 0.0600. The Morgan fingerprint density at radius 1 is 1.27 bits per heavy atom. The van der Waals surface area contributed by atoms with Crippen LogP contribution in [0.5, 0.6) is 0 Å². The van der Waals surface area contributed by atoms with Crippen LogP contribution in [0.1, 0.15) is 25.7 Å². The van der Waals surface area contributed by atoms with Crippen molar-refractivity contribution in [3.05, 3.63) is 0 Å². The van der Waals surface area contributed by atoms with Gasteiger partial charge in [0, 0.05) is 30.6 Å². The molecule has 0 aromatic carbocycles. The van der Waals surface area contributed by atoms with Gasteiger partial charge < -0.3 is 4.74 Å². The first-order chi connectivity index (χ1) is 6.68. The van der Waals surface area contributed by atoms with Gasteiger partial charge >= 0.3 is 0 Å². The summed E-state index contributed by atoms with van der Waals surface area (Å²) in [5.41, 5.74) is -1.04. The van der Waals surface area contributed by atoms with E-state index < -0.39 is 26.3 Å². The fourth-order valence-electron chi connectivity index (χ4n) is 1.79. The van der Waals surface area contributed by atoms with Crippen molar-refractivity contribution in [2.45, 2.75) is 37.2 Å². The normalized spacial score (nSPS) is 25.1. The van der Waals surface area contributed by atoms with Gasteiger partial charge in [-0.25, -0.2) is 17.2 Å². The second-order valence-electron chi connectivity index (χ2n) is 3.93. The molecule has 0 aliphatic heterocycles. The fraction of sp³-hybridized carbons (Fsp3) is 1.00. The minimum atomic E-state index is -3.73. The van der Waals surface area contributed by atoms with E-state index in [0.717, 1.165) is 0 Å². The van der Waals surface area contributed by atoms with Crippen LogP contribution in [0.4, 0.5) is 8.78 Å². The molecule has 0 N–H and O–H groups in total. The van der Waals surface area contributed by atoms with Gasteiger partial charge in [-0.1, -0.05) is 0 Å². The largest absolute Gasteiger partial charge is 0.377 e. The first-order valence-electron chi connectivity index (χ1n) is 4.53. The lowest BCUT2D eigenvalue weighted by Gasteiger charge is -2.38. The quantitative estimate of drug-likeness (QED) is 0.732. The number of hydrogen-bond acceptors (Lipinski definition) is 3. The Labute approximate surface area is 92.2 Å². The van der Waals surface area contributed by atoms with Crippen molar-refractivity contribution in [1.29, 1.82) is 0 Å². The van der Waals surface area contributed by atoms with E-state index in [1.54, 1.807) is 0 Å². The molecule has 0 heterocycles. The lowest BCUT2D eigenvalue weighted by Crippen LogP contribution is -2.44. The van der Waals surface area contributed by atoms with Crippen LogP contribution in [0.25, 0.3) is 0 Å². The molecule has 15 heavy (non-hydrogen) atoms. The highest BCUT2D eigenvalue weighted by atomic mass is 35.7. The van der Waals surface area contributed by atoms with Gasteiger partial charge in [0.15, 0.2) is 0 Å². The van der Waals surface area contributed by atoms with Crippen LogP contribution >= 0.6 is 10.7 Å². The Morgan fingerprint density at radius 2 is 1.73 bits per heavy atom. The molecule has 0 spiro atoms. The second-order valence-corrected chi connectivity index (χ2v) is 6.70. The molecule has 0 unspecified atom stereocenters. The van der Waals surface area contributed by atoms with Gasteiger partial charge in [0.05, 0.1) is 11.4 Å². The maximum absolute atomic E-state index is 12.9. The molecule has 0 bridgehead atoms. The van der Waals surface area contributed by atoms with Gasteiger partial charge in [0.2, 0.25) is 15.0 Å². The molecular formula is C8H13ClF2O3S. The van der Waals surface area contributed by atoms with E-state index in [4.69, 9.17) is 15.4 Å². The highest BCUT2D eigenvalue weighted by Crippen LogP contribution is 2.41. The summed E-state index contributed by atoms with van der Waals surface area (Å²) in [4.78, 5) is 0. The van der Waals surface area contributed by atoms with E-state index in [-0.39, 0.29) is 25.7 Å². The number of ether oxygens (including phenoxy) is 1. The van der Waals surface area contributed by atoms with Crippen LogP contribution in [0, 0.1) is 0 Å². The van der Waals surface area contributed by atoms with E-state index in [2.05, 4.69) is 0 Å². The molecule has 7 heteroatoms. The Morgan fingerprint density at radius 3 is 2.07 bits per heavy atom. The smallest absolute Gasteiger partial charge is 0.248 e. The average Bonchev–Trinajstić information content (AvgIpc) is 2.07. The minimum absolute atomic E-state index is 0.0163. The molecule has 0 amide bonds. The van der Waals surface area contributed by atoms with Crippen LogP contribution < -0.4 is 0 Å². The number of methoxy groups -OCH3 is 1. The van der Waals surface area contributed by atoms with E-state index in [9.17, 15) is 17.2 Å². The molecule has 0 aromatic rings. The van der Waals surface area contributed by atoms with Gasteiger partial charge in [0.1, 0.15) is 0 Å². The lowest BCUT2D eigenvalue weighted by atomic mass is 9.84. The van der Waals surface area contributed by atoms with Crippen molar-refractivity contribution in [2.75, 3.05) is 12.9 Å². The summed E-state index contributed by atoms with van der Waals surface area (Å²) in [5, 5.41) is 0. The Balaban J connectivity index is 2.73. The maximum Gasteiger partial charge on any atom is 0.248 e. The van der Waals surface area contributed by atoms with Crippen molar-refractivity contribution in [1.82, 2.24) is 0 Å². The van der Waals surface area contributed by atoms with Crippen molar-refractivity contribution >= 4 is 19.7 Å². The van der Waals surface area contributed by atoms with E-state index in [0.29, 0.717) is 0 Å². The third kappa shape index (κ3) is 3.85. The summed E-state index contributed by atoms with van der Waals surface area (Å²) in [5.74, 6) is -3.12. The molecule has 3 nitrogen and oxygen atoms in total. The van der Waals surface area contributed by atoms with Crippen LogP contribution in [-0.2, 0) is 13.8 Å². The predicted octanol–water partition coefficient (Wildman–Crippen LogP) is 2.15. The highest BCUT2D eigenvalue weighted by Gasteiger charge is 2.45. The topological polar surface area (TPSA) is 43.4 Å². The molecule has 90 valence electrons. The fourth-order valence-corrected chi connectivity index (χ4v) is 3.42. The molecule has 1 aliphatic carbocycles. The summed E-state index contributed by atoms with van der Waals surface area (Å²) in [6.45, 7) is 0. The number of alkyl halides is 2. The lowest BCUT2D eigenvalue weighted by molar-refractivity contribution is -0.109. The molecule has 1 saturated carbocycles. The second kappa shape index (κ2) is 4.14. The van der Waals surface area contributed by atoms with Gasteiger partial charge in [-0.3, -0.25) is 0 Å². The number of halogens is 3. The molecule has 0 aromatic heterocycles. The van der Waals surface area contributed by atoms with Crippen LogP contribution in [0.2, 0.25) is 0 Å². The zero-order valence-electron chi connectivity index (χ0n) is 8.30. The summed E-state index contributed by atoms with van der Waals surface area (Å²) in [7, 11) is 2.71. The third-order valence-corrected chi connectivity index (χ3v) is 3.96. The molecule has 0 radical (unpaired) electrons. The SMILES string of the molecule is COC1(CS(=O)(=O)Cl)CCC(F)(F)CC1. The van der Waals surface area contributed by atoms with Crippen molar-refractivity contribution < 1.29 is 21.9 Å². The standard InChI is InChI=1S/C8H13ClF2O3S/c1-14-7(6-15(9,12)13)2-4-8(10,11)5-3-7/h2-6H2,1H3. The summed E-state index contributed by atoms with van der Waals surface area (Å²) >= 11 is 0. The van der Waals surface area contributed by atoms with Crippen molar-refractivity contribution in [3.63, 3.8) is 0 Å². The zero-order chi connectivity index (χ0) is 11.7. The molecule has 1 rings (SSSR count). The minimum Gasteiger partial charge on any atom is -0.377 e. The Bertz CT molecular complexity index is 319. The van der Waals surface area contributed by atoms with Crippen LogP contribution in [0.3, 0.4) is 0 Å². The molecule has 1 aliphatic rings. The van der Waals surface area contributed by atoms with Crippen LogP contribution in [-0.4, -0.2) is 32.8 Å². The molecule has 0 atom stereocenters. The monoisotopic (exact) mass is 262 g/mol. The molecular weight excluding hydrogens is 250 g/mol. The predicted molar refractivity (Wildman–Crippen MR) is 52.8 cm³/mol. The van der Waals surface area contributed by atoms with Gasteiger partial charge in [-0.2, -0.15) is 0 Å². The van der Waals surface area contributed by atoms with E-state index in [1.165, 1.54) is 7.11 Å². The van der Waals surface area contributed by atoms with Crippen molar-refractivity contribution in [3.8, 4) is 0 Å². The summed E-state index contributed by atoms with van der Waals surface area (Å²) < 4.78 is 52.7. The average molecular weight is 263 g/mol. The summed E-state index contributed by atoms with van der Waals surface area (Å²) in [6, 6.07) is 0. The summed E-state index contributed by atoms with van der Waals surface area (Å²) in [6.07, 6.45) is -0.675. The zero-order valence-corrected chi connectivity index (χ0v) is 9.87. The number of hydrogen-bond donors (Lipinski definition) is 0. The third-order valence-electron chi connectivity index (χ3n) is 2.76. The van der Waals surface area contributed by atoms with Crippen LogP contribution in [0.15, 0.2) is 0 Å². The molecule has 1 fully saturated rings. The molecule has 0 saturated heterocycles. The van der Waals surface area contributed by atoms with Gasteiger partial charge in [0.25, 0.3) is 0 Å². The first-order valence-corrected chi connectivity index (χ1v) is 7.01. The highest BCUT2D eigenvalue weighted by molar-refractivity contribution is 8.13. The maximum atomic E-state index is 12.9. The van der Waals surface area contributed by atoms with Crippen molar-refractivity contribution in [2.24, 2.45) is 0 Å². The Kier molecular flexibility index (Phi) is 3.63. The first kappa shape index (κ1) is 13.1. The van der Waals surface area contributed by atoms with Gasteiger partial charge in [-0.05, 0) is 12.8 Å².